The van der Waals surface area contributed by atoms with Crippen molar-refractivity contribution in [3.8, 4) is 0 Å². The summed E-state index contributed by atoms with van der Waals surface area (Å²) in [6, 6.07) is 5.62. The lowest BCUT2D eigenvalue weighted by molar-refractivity contribution is 0.199. The summed E-state index contributed by atoms with van der Waals surface area (Å²) in [5.74, 6) is 2.02. The lowest BCUT2D eigenvalue weighted by Gasteiger charge is -2.37. The molecule has 152 valence electrons. The highest BCUT2D eigenvalue weighted by Crippen LogP contribution is 2.29. The van der Waals surface area contributed by atoms with Crippen LogP contribution in [0.15, 0.2) is 12.1 Å². The first-order valence-corrected chi connectivity index (χ1v) is 10.9. The fourth-order valence-electron chi connectivity index (χ4n) is 4.93. The number of hydrogen-bond donors (Lipinski definition) is 0. The molecule has 0 unspecified atom stereocenters. The van der Waals surface area contributed by atoms with E-state index in [0.29, 0.717) is 12.1 Å². The smallest absolute Gasteiger partial charge is 0.132 e. The van der Waals surface area contributed by atoms with Gasteiger partial charge in [0, 0.05) is 49.7 Å². The molecule has 4 rings (SSSR count). The molecule has 28 heavy (non-hydrogen) atoms. The van der Waals surface area contributed by atoms with Gasteiger partial charge in [0.15, 0.2) is 0 Å². The summed E-state index contributed by atoms with van der Waals surface area (Å²) in [4.78, 5) is 14.5. The molecule has 0 N–H and O–H groups in total. The second kappa shape index (κ2) is 8.19. The van der Waals surface area contributed by atoms with Crippen LogP contribution in [0.4, 0.5) is 5.82 Å². The topological polar surface area (TPSA) is 50.1 Å². The lowest BCUT2D eigenvalue weighted by Crippen LogP contribution is -2.44. The van der Waals surface area contributed by atoms with Crippen LogP contribution in [0.2, 0.25) is 0 Å². The minimum Gasteiger partial charge on any atom is -0.356 e. The Labute approximate surface area is 169 Å². The van der Waals surface area contributed by atoms with Gasteiger partial charge in [-0.3, -0.25) is 9.58 Å². The first-order chi connectivity index (χ1) is 13.5. The molecule has 0 radical (unpaired) electrons. The molecule has 2 aliphatic heterocycles. The van der Waals surface area contributed by atoms with Crippen molar-refractivity contribution >= 4 is 5.82 Å². The SMILES string of the molecule is CCCc1cc(N2CCC(N3CC[C@@H](n4nc(C)cc4C)C3)CC2)nc(C)n1. The molecule has 0 bridgehead atoms. The third kappa shape index (κ3) is 4.07. The maximum atomic E-state index is 4.72. The van der Waals surface area contributed by atoms with Crippen LogP contribution < -0.4 is 4.90 Å². The van der Waals surface area contributed by atoms with Gasteiger partial charge in [0.05, 0.1) is 11.7 Å². The van der Waals surface area contributed by atoms with Crippen molar-refractivity contribution in [2.45, 2.75) is 71.9 Å². The fraction of sp³-hybridized carbons (Fsp3) is 0.682. The Morgan fingerprint density at radius 1 is 0.964 bits per heavy atom. The van der Waals surface area contributed by atoms with E-state index in [1.165, 1.54) is 37.2 Å². The summed E-state index contributed by atoms with van der Waals surface area (Å²) >= 11 is 0. The Kier molecular flexibility index (Phi) is 5.67. The molecule has 0 aliphatic carbocycles. The Morgan fingerprint density at radius 3 is 2.39 bits per heavy atom. The van der Waals surface area contributed by atoms with Gasteiger partial charge in [-0.05, 0) is 52.5 Å². The lowest BCUT2D eigenvalue weighted by atomic mass is 10.0. The number of piperidine rings is 1. The number of aromatic nitrogens is 4. The summed E-state index contributed by atoms with van der Waals surface area (Å²) in [6.45, 7) is 13.0. The van der Waals surface area contributed by atoms with Crippen LogP contribution in [-0.2, 0) is 6.42 Å². The van der Waals surface area contributed by atoms with Crippen LogP contribution in [0.3, 0.4) is 0 Å². The van der Waals surface area contributed by atoms with E-state index in [1.54, 1.807) is 0 Å². The maximum absolute atomic E-state index is 4.72. The van der Waals surface area contributed by atoms with Crippen molar-refractivity contribution in [1.82, 2.24) is 24.6 Å². The van der Waals surface area contributed by atoms with Crippen molar-refractivity contribution in [2.24, 2.45) is 0 Å². The van der Waals surface area contributed by atoms with Gasteiger partial charge in [-0.1, -0.05) is 13.3 Å². The number of anilines is 1. The van der Waals surface area contributed by atoms with E-state index in [1.807, 2.05) is 6.92 Å². The molecule has 0 saturated carbocycles. The molecule has 2 saturated heterocycles. The van der Waals surface area contributed by atoms with Gasteiger partial charge in [0.25, 0.3) is 0 Å². The summed E-state index contributed by atoms with van der Waals surface area (Å²) in [5, 5.41) is 4.72. The molecule has 0 aromatic carbocycles. The van der Waals surface area contributed by atoms with Crippen LogP contribution >= 0.6 is 0 Å². The highest BCUT2D eigenvalue weighted by molar-refractivity contribution is 5.40. The molecule has 0 amide bonds. The molecule has 2 aromatic heterocycles. The van der Waals surface area contributed by atoms with Gasteiger partial charge in [0.2, 0.25) is 0 Å². The molecule has 2 aliphatic rings. The first kappa shape index (κ1) is 19.4. The van der Waals surface area contributed by atoms with Gasteiger partial charge in [-0.15, -0.1) is 0 Å². The van der Waals surface area contributed by atoms with E-state index in [0.717, 1.165) is 49.8 Å². The Bertz CT molecular complexity index is 805. The van der Waals surface area contributed by atoms with Gasteiger partial charge < -0.3 is 4.90 Å². The van der Waals surface area contributed by atoms with E-state index < -0.39 is 0 Å². The molecule has 4 heterocycles. The van der Waals surface area contributed by atoms with Crippen LogP contribution in [0.25, 0.3) is 0 Å². The number of hydrogen-bond acceptors (Lipinski definition) is 5. The minimum atomic E-state index is 0.535. The summed E-state index contributed by atoms with van der Waals surface area (Å²) in [6.07, 6.45) is 5.82. The average molecular weight is 383 g/mol. The molecule has 0 spiro atoms. The Morgan fingerprint density at radius 2 is 1.71 bits per heavy atom. The van der Waals surface area contributed by atoms with Crippen LogP contribution in [0.5, 0.6) is 0 Å². The number of rotatable bonds is 5. The van der Waals surface area contributed by atoms with Crippen molar-refractivity contribution in [2.75, 3.05) is 31.1 Å². The fourth-order valence-corrected chi connectivity index (χ4v) is 4.93. The van der Waals surface area contributed by atoms with Crippen LogP contribution in [0.1, 0.15) is 61.6 Å². The van der Waals surface area contributed by atoms with Crippen molar-refractivity contribution < 1.29 is 0 Å². The van der Waals surface area contributed by atoms with Gasteiger partial charge in [-0.2, -0.15) is 5.10 Å². The second-order valence-corrected chi connectivity index (χ2v) is 8.54. The maximum Gasteiger partial charge on any atom is 0.132 e. The molecular weight excluding hydrogens is 348 g/mol. The molecule has 1 atom stereocenters. The van der Waals surface area contributed by atoms with Crippen molar-refractivity contribution in [3.63, 3.8) is 0 Å². The normalized spacial score (nSPS) is 21.6. The second-order valence-electron chi connectivity index (χ2n) is 8.54. The summed E-state index contributed by atoms with van der Waals surface area (Å²) in [5.41, 5.74) is 3.60. The molecular formula is C22H34N6. The third-order valence-corrected chi connectivity index (χ3v) is 6.27. The van der Waals surface area contributed by atoms with Gasteiger partial charge in [0.1, 0.15) is 11.6 Å². The zero-order chi connectivity index (χ0) is 19.7. The largest absolute Gasteiger partial charge is 0.356 e. The van der Waals surface area contributed by atoms with Crippen molar-refractivity contribution in [1.29, 1.82) is 0 Å². The van der Waals surface area contributed by atoms with E-state index in [2.05, 4.69) is 52.4 Å². The Balaban J connectivity index is 1.35. The van der Waals surface area contributed by atoms with Crippen LogP contribution in [0, 0.1) is 20.8 Å². The zero-order valence-corrected chi connectivity index (χ0v) is 17.9. The zero-order valence-electron chi connectivity index (χ0n) is 17.9. The quantitative estimate of drug-likeness (QED) is 0.792. The highest BCUT2D eigenvalue weighted by Gasteiger charge is 2.32. The van der Waals surface area contributed by atoms with Crippen molar-refractivity contribution in [3.05, 3.63) is 35.0 Å². The molecule has 6 heteroatoms. The Hall–Kier alpha value is -1.95. The minimum absolute atomic E-state index is 0.535. The first-order valence-electron chi connectivity index (χ1n) is 10.9. The summed E-state index contributed by atoms with van der Waals surface area (Å²) in [7, 11) is 0. The van der Waals surface area contributed by atoms with E-state index in [9.17, 15) is 0 Å². The number of nitrogens with zero attached hydrogens (tertiary/aromatic N) is 6. The van der Waals surface area contributed by atoms with Gasteiger partial charge >= 0.3 is 0 Å². The van der Waals surface area contributed by atoms with Crippen LogP contribution in [-0.4, -0.2) is 56.9 Å². The average Bonchev–Trinajstić information content (AvgIpc) is 3.28. The monoisotopic (exact) mass is 382 g/mol. The molecule has 6 nitrogen and oxygen atoms in total. The number of aryl methyl sites for hydroxylation is 4. The van der Waals surface area contributed by atoms with E-state index >= 15 is 0 Å². The highest BCUT2D eigenvalue weighted by atomic mass is 15.3. The molecule has 2 fully saturated rings. The summed E-state index contributed by atoms with van der Waals surface area (Å²) < 4.78 is 2.25. The van der Waals surface area contributed by atoms with Gasteiger partial charge in [-0.25, -0.2) is 9.97 Å². The third-order valence-electron chi connectivity index (χ3n) is 6.27. The standard InChI is InChI=1S/C22H34N6/c1-5-6-19-14-22(24-18(4)23-19)26-10-7-20(8-11-26)27-12-9-21(15-27)28-17(3)13-16(2)25-28/h13-14,20-21H,5-12,15H2,1-4H3/t21-/m1/s1. The van der Waals surface area contributed by atoms with E-state index in [4.69, 9.17) is 10.1 Å². The van der Waals surface area contributed by atoms with E-state index in [-0.39, 0.29) is 0 Å². The molecule has 2 aromatic rings. The predicted octanol–water partition coefficient (Wildman–Crippen LogP) is 3.47. The number of likely N-dealkylation sites (tertiary alicyclic amines) is 1. The predicted molar refractivity (Wildman–Crippen MR) is 113 cm³/mol.